The second-order valence-electron chi connectivity index (χ2n) is 4.85. The summed E-state index contributed by atoms with van der Waals surface area (Å²) in [6.07, 6.45) is 0. The van der Waals surface area contributed by atoms with Crippen molar-refractivity contribution in [1.29, 1.82) is 0 Å². The van der Waals surface area contributed by atoms with Crippen molar-refractivity contribution < 1.29 is 9.13 Å². The Morgan fingerprint density at radius 2 is 2.00 bits per heavy atom. The number of rotatable bonds is 6. The van der Waals surface area contributed by atoms with E-state index in [2.05, 4.69) is 11.4 Å². The van der Waals surface area contributed by atoms with Crippen LogP contribution in [0.15, 0.2) is 30.3 Å². The van der Waals surface area contributed by atoms with E-state index in [9.17, 15) is 4.39 Å². The van der Waals surface area contributed by atoms with Crippen LogP contribution < -0.4 is 5.32 Å². The topological polar surface area (TPSA) is 26.2 Å². The number of benzene rings is 1. The van der Waals surface area contributed by atoms with Gasteiger partial charge in [0.25, 0.3) is 0 Å². The smallest absolute Gasteiger partial charge is 0.147 e. The number of nitrogens with zero attached hydrogens (tertiary/aromatic N) is 1. The lowest BCUT2D eigenvalue weighted by molar-refractivity contribution is 0.199. The highest BCUT2D eigenvalue weighted by molar-refractivity contribution is 5.42. The fraction of sp³-hybridized carbons (Fsp3) is 0.375. The number of aryl methyl sites for hydroxylation is 1. The lowest BCUT2D eigenvalue weighted by Gasteiger charge is -2.11. The number of nitrogens with one attached hydrogen (secondary N) is 1. The minimum atomic E-state index is -0.201. The van der Waals surface area contributed by atoms with Gasteiger partial charge in [-0.2, -0.15) is 0 Å². The molecule has 2 rings (SSSR count). The molecule has 0 saturated heterocycles. The van der Waals surface area contributed by atoms with Gasteiger partial charge in [0.05, 0.1) is 12.3 Å². The average Bonchev–Trinajstić information content (AvgIpc) is 2.71. The van der Waals surface area contributed by atoms with Gasteiger partial charge in [-0.15, -0.1) is 0 Å². The Balaban J connectivity index is 2.23. The third-order valence-corrected chi connectivity index (χ3v) is 3.43. The van der Waals surface area contributed by atoms with Crippen LogP contribution in [0, 0.1) is 19.7 Å². The van der Waals surface area contributed by atoms with Crippen LogP contribution >= 0.6 is 0 Å². The number of hydrogen-bond acceptors (Lipinski definition) is 2. The molecule has 1 aromatic heterocycles. The highest BCUT2D eigenvalue weighted by atomic mass is 19.1. The Labute approximate surface area is 119 Å². The zero-order valence-corrected chi connectivity index (χ0v) is 12.2. The zero-order valence-electron chi connectivity index (χ0n) is 12.2. The van der Waals surface area contributed by atoms with Gasteiger partial charge < -0.3 is 14.6 Å². The van der Waals surface area contributed by atoms with Crippen molar-refractivity contribution in [2.45, 2.75) is 20.4 Å². The van der Waals surface area contributed by atoms with Crippen molar-refractivity contribution in [3.8, 4) is 5.69 Å². The molecule has 0 fully saturated rings. The summed E-state index contributed by atoms with van der Waals surface area (Å²) in [5, 5.41) is 3.32. The minimum absolute atomic E-state index is 0.201. The van der Waals surface area contributed by atoms with Gasteiger partial charge in [-0.1, -0.05) is 12.1 Å². The van der Waals surface area contributed by atoms with Gasteiger partial charge >= 0.3 is 0 Å². The number of hydrogen-bond donors (Lipinski definition) is 1. The van der Waals surface area contributed by atoms with Crippen molar-refractivity contribution in [3.05, 3.63) is 53.1 Å². The second kappa shape index (κ2) is 6.68. The number of methoxy groups -OCH3 is 1. The highest BCUT2D eigenvalue weighted by Crippen LogP contribution is 2.22. The summed E-state index contributed by atoms with van der Waals surface area (Å²) >= 11 is 0. The molecule has 108 valence electrons. The quantitative estimate of drug-likeness (QED) is 0.821. The maximum atomic E-state index is 13.9. The van der Waals surface area contributed by atoms with Crippen LogP contribution in [0.5, 0.6) is 0 Å². The lowest BCUT2D eigenvalue weighted by atomic mass is 10.2. The number of ether oxygens (including phenoxy) is 1. The van der Waals surface area contributed by atoms with E-state index in [4.69, 9.17) is 4.74 Å². The molecule has 1 heterocycles. The maximum Gasteiger partial charge on any atom is 0.147 e. The molecule has 1 N–H and O–H groups in total. The predicted octanol–water partition coefficient (Wildman–Crippen LogP) is 2.97. The fourth-order valence-electron chi connectivity index (χ4n) is 2.41. The van der Waals surface area contributed by atoms with E-state index in [1.165, 1.54) is 11.6 Å². The van der Waals surface area contributed by atoms with Gasteiger partial charge in [0, 0.05) is 31.6 Å². The molecule has 0 spiro atoms. The maximum absolute atomic E-state index is 13.9. The van der Waals surface area contributed by atoms with Crippen LogP contribution in [0.1, 0.15) is 17.0 Å². The fourth-order valence-corrected chi connectivity index (χ4v) is 2.41. The Bertz CT molecular complexity index is 578. The first kappa shape index (κ1) is 14.8. The second-order valence-corrected chi connectivity index (χ2v) is 4.85. The molecule has 0 aliphatic carbocycles. The molecule has 0 radical (unpaired) electrons. The van der Waals surface area contributed by atoms with Crippen LogP contribution in [0.25, 0.3) is 5.69 Å². The molecule has 0 unspecified atom stereocenters. The normalized spacial score (nSPS) is 11.0. The monoisotopic (exact) mass is 276 g/mol. The van der Waals surface area contributed by atoms with Crippen molar-refractivity contribution in [1.82, 2.24) is 9.88 Å². The molecular formula is C16H21FN2O. The highest BCUT2D eigenvalue weighted by Gasteiger charge is 2.12. The average molecular weight is 276 g/mol. The van der Waals surface area contributed by atoms with Crippen LogP contribution in [0.2, 0.25) is 0 Å². The molecule has 4 heteroatoms. The molecule has 0 aliphatic heterocycles. The van der Waals surface area contributed by atoms with Gasteiger partial charge in [-0.25, -0.2) is 4.39 Å². The Kier molecular flexibility index (Phi) is 4.93. The number of para-hydroxylation sites is 1. The summed E-state index contributed by atoms with van der Waals surface area (Å²) in [4.78, 5) is 0. The van der Waals surface area contributed by atoms with E-state index < -0.39 is 0 Å². The van der Waals surface area contributed by atoms with E-state index in [1.807, 2.05) is 24.5 Å². The van der Waals surface area contributed by atoms with Crippen LogP contribution in [0.4, 0.5) is 4.39 Å². The molecule has 0 amide bonds. The van der Waals surface area contributed by atoms with Crippen molar-refractivity contribution in [2.24, 2.45) is 0 Å². The summed E-state index contributed by atoms with van der Waals surface area (Å²) in [5.74, 6) is -0.201. The third-order valence-electron chi connectivity index (χ3n) is 3.43. The van der Waals surface area contributed by atoms with Gasteiger partial charge in [0.2, 0.25) is 0 Å². The zero-order chi connectivity index (χ0) is 14.5. The standard InChI is InChI=1S/C16H21FN2O/c1-12-10-14(11-18-8-9-20-3)13(2)19(12)16-7-5-4-6-15(16)17/h4-7,10,18H,8-9,11H2,1-3H3. The van der Waals surface area contributed by atoms with E-state index in [1.54, 1.807) is 19.2 Å². The SMILES string of the molecule is COCCNCc1cc(C)n(-c2ccccc2F)c1C. The van der Waals surface area contributed by atoms with E-state index in [0.717, 1.165) is 24.5 Å². The van der Waals surface area contributed by atoms with Gasteiger partial charge in [-0.05, 0) is 37.6 Å². The molecule has 20 heavy (non-hydrogen) atoms. The first-order chi connectivity index (χ1) is 9.65. The third kappa shape index (κ3) is 3.08. The van der Waals surface area contributed by atoms with Crippen molar-refractivity contribution in [3.63, 3.8) is 0 Å². The van der Waals surface area contributed by atoms with E-state index in [0.29, 0.717) is 12.3 Å². The molecule has 0 atom stereocenters. The number of aromatic nitrogens is 1. The largest absolute Gasteiger partial charge is 0.383 e. The molecule has 0 saturated carbocycles. The molecular weight excluding hydrogens is 255 g/mol. The molecule has 0 aliphatic rings. The minimum Gasteiger partial charge on any atom is -0.383 e. The summed E-state index contributed by atoms with van der Waals surface area (Å²) in [5.41, 5.74) is 3.89. The Morgan fingerprint density at radius 1 is 1.25 bits per heavy atom. The molecule has 1 aromatic carbocycles. The molecule has 2 aromatic rings. The Hall–Kier alpha value is -1.65. The van der Waals surface area contributed by atoms with Gasteiger partial charge in [-0.3, -0.25) is 0 Å². The van der Waals surface area contributed by atoms with Crippen LogP contribution in [-0.4, -0.2) is 24.8 Å². The molecule has 0 bridgehead atoms. The number of halogens is 1. The summed E-state index contributed by atoms with van der Waals surface area (Å²) in [7, 11) is 1.69. The van der Waals surface area contributed by atoms with Crippen LogP contribution in [-0.2, 0) is 11.3 Å². The lowest BCUT2D eigenvalue weighted by Crippen LogP contribution is -2.18. The summed E-state index contributed by atoms with van der Waals surface area (Å²) in [6, 6.07) is 8.96. The predicted molar refractivity (Wildman–Crippen MR) is 78.8 cm³/mol. The van der Waals surface area contributed by atoms with E-state index in [-0.39, 0.29) is 5.82 Å². The van der Waals surface area contributed by atoms with Gasteiger partial charge in [0.1, 0.15) is 5.82 Å². The first-order valence-electron chi connectivity index (χ1n) is 6.77. The Morgan fingerprint density at radius 3 is 2.70 bits per heavy atom. The van der Waals surface area contributed by atoms with Crippen LogP contribution in [0.3, 0.4) is 0 Å². The first-order valence-corrected chi connectivity index (χ1v) is 6.77. The molecule has 3 nitrogen and oxygen atoms in total. The summed E-state index contributed by atoms with van der Waals surface area (Å²) in [6.45, 7) is 6.27. The summed E-state index contributed by atoms with van der Waals surface area (Å²) < 4.78 is 20.9. The van der Waals surface area contributed by atoms with Crippen molar-refractivity contribution in [2.75, 3.05) is 20.3 Å². The van der Waals surface area contributed by atoms with Crippen molar-refractivity contribution >= 4 is 0 Å². The van der Waals surface area contributed by atoms with E-state index >= 15 is 0 Å². The van der Waals surface area contributed by atoms with Gasteiger partial charge in [0.15, 0.2) is 0 Å².